The minimum Gasteiger partial charge on any atom is -0.379 e. The molecule has 0 spiro atoms. The van der Waals surface area contributed by atoms with Crippen LogP contribution in [0.5, 0.6) is 0 Å². The van der Waals surface area contributed by atoms with Gasteiger partial charge in [0.05, 0.1) is 24.4 Å². The summed E-state index contributed by atoms with van der Waals surface area (Å²) in [4.78, 5) is 19.6. The lowest BCUT2D eigenvalue weighted by Gasteiger charge is -2.25. The number of hydrogen-bond acceptors (Lipinski definition) is 6. The Bertz CT molecular complexity index is 812. The van der Waals surface area contributed by atoms with Gasteiger partial charge in [0.2, 0.25) is 0 Å². The average Bonchev–Trinajstić information content (AvgIpc) is 3.20. The van der Waals surface area contributed by atoms with Crippen molar-refractivity contribution in [3.05, 3.63) is 28.5 Å². The Kier molecular flexibility index (Phi) is 5.05. The lowest BCUT2D eigenvalue weighted by atomic mass is 10.1. The highest BCUT2D eigenvalue weighted by atomic mass is 32.1. The maximum atomic E-state index is 12.7. The molecule has 2 aliphatic rings. The lowest BCUT2D eigenvalue weighted by molar-refractivity contribution is 0.0337. The fraction of sp³-hybridized carbons (Fsp3) is 0.632. The molecule has 2 aromatic rings. The molecular weight excluding hydrogens is 362 g/mol. The van der Waals surface area contributed by atoms with Crippen LogP contribution in [-0.2, 0) is 16.8 Å². The molecule has 1 saturated heterocycles. The van der Waals surface area contributed by atoms with Crippen molar-refractivity contribution < 1.29 is 9.53 Å². The first-order chi connectivity index (χ1) is 12.9. The minimum absolute atomic E-state index is 0.136. The summed E-state index contributed by atoms with van der Waals surface area (Å²) in [5.41, 5.74) is 2.48. The van der Waals surface area contributed by atoms with Gasteiger partial charge >= 0.3 is 0 Å². The maximum Gasteiger partial charge on any atom is 0.277 e. The smallest absolute Gasteiger partial charge is 0.277 e. The number of ether oxygens (including phenoxy) is 1. The van der Waals surface area contributed by atoms with Gasteiger partial charge in [0, 0.05) is 36.6 Å². The van der Waals surface area contributed by atoms with E-state index in [9.17, 15) is 4.79 Å². The predicted octanol–water partition coefficient (Wildman–Crippen LogP) is 3.06. The second-order valence-corrected chi connectivity index (χ2v) is 9.16. The van der Waals surface area contributed by atoms with Crippen LogP contribution in [0.4, 0.5) is 5.13 Å². The zero-order valence-electron chi connectivity index (χ0n) is 16.2. The molecule has 0 bridgehead atoms. The van der Waals surface area contributed by atoms with E-state index in [0.717, 1.165) is 38.5 Å². The predicted molar refractivity (Wildman–Crippen MR) is 105 cm³/mol. The number of nitrogens with one attached hydrogen (secondary N) is 1. The van der Waals surface area contributed by atoms with Crippen LogP contribution in [0.1, 0.15) is 61.4 Å². The summed E-state index contributed by atoms with van der Waals surface area (Å²) in [6.45, 7) is 10.5. The largest absolute Gasteiger partial charge is 0.379 e. The van der Waals surface area contributed by atoms with Crippen LogP contribution in [-0.4, -0.2) is 51.9 Å². The minimum atomic E-state index is -0.188. The van der Waals surface area contributed by atoms with Crippen LogP contribution < -0.4 is 5.32 Å². The fourth-order valence-corrected chi connectivity index (χ4v) is 4.00. The van der Waals surface area contributed by atoms with Gasteiger partial charge in [-0.2, -0.15) is 5.10 Å². The first-order valence-corrected chi connectivity index (χ1v) is 10.4. The fourth-order valence-electron chi connectivity index (χ4n) is 3.30. The molecule has 146 valence electrons. The van der Waals surface area contributed by atoms with E-state index in [1.807, 2.05) is 16.1 Å². The summed E-state index contributed by atoms with van der Waals surface area (Å²) in [5, 5.41) is 10.1. The van der Waals surface area contributed by atoms with Crippen LogP contribution in [0.2, 0.25) is 0 Å². The lowest BCUT2D eigenvalue weighted by Crippen LogP contribution is -2.35. The second kappa shape index (κ2) is 7.33. The molecule has 8 heteroatoms. The van der Waals surface area contributed by atoms with E-state index in [1.54, 1.807) is 0 Å². The van der Waals surface area contributed by atoms with Crippen molar-refractivity contribution in [2.45, 2.75) is 51.6 Å². The normalized spacial score (nSPS) is 18.6. The Morgan fingerprint density at radius 3 is 2.74 bits per heavy atom. The molecule has 1 saturated carbocycles. The number of carbonyl (C=O) groups is 1. The van der Waals surface area contributed by atoms with Crippen molar-refractivity contribution >= 4 is 22.4 Å². The van der Waals surface area contributed by atoms with Crippen LogP contribution in [0.25, 0.3) is 0 Å². The molecule has 0 unspecified atom stereocenters. The summed E-state index contributed by atoms with van der Waals surface area (Å²) in [6.07, 6.45) is 2.36. The number of nitrogens with zero attached hydrogens (tertiary/aromatic N) is 4. The van der Waals surface area contributed by atoms with Crippen LogP contribution in [0.3, 0.4) is 0 Å². The van der Waals surface area contributed by atoms with E-state index in [-0.39, 0.29) is 11.4 Å². The van der Waals surface area contributed by atoms with Crippen LogP contribution in [0.15, 0.2) is 11.4 Å². The number of morpholine rings is 1. The van der Waals surface area contributed by atoms with Crippen molar-refractivity contribution in [1.29, 1.82) is 0 Å². The first kappa shape index (κ1) is 18.6. The average molecular weight is 390 g/mol. The summed E-state index contributed by atoms with van der Waals surface area (Å²) in [7, 11) is 0. The molecule has 27 heavy (non-hydrogen) atoms. The van der Waals surface area contributed by atoms with E-state index >= 15 is 0 Å². The number of aromatic nitrogens is 3. The molecule has 0 radical (unpaired) electrons. The molecule has 3 heterocycles. The van der Waals surface area contributed by atoms with Crippen LogP contribution in [0, 0.1) is 0 Å². The summed E-state index contributed by atoms with van der Waals surface area (Å²) in [6, 6.07) is 1.94. The Morgan fingerprint density at radius 2 is 2.07 bits per heavy atom. The third-order valence-electron chi connectivity index (χ3n) is 4.86. The third kappa shape index (κ3) is 4.39. The number of thiazole rings is 1. The highest BCUT2D eigenvalue weighted by Crippen LogP contribution is 2.41. The molecule has 0 aromatic carbocycles. The van der Waals surface area contributed by atoms with Gasteiger partial charge in [-0.15, -0.1) is 11.3 Å². The number of amides is 1. The Morgan fingerprint density at radius 1 is 1.33 bits per heavy atom. The van der Waals surface area contributed by atoms with Crippen molar-refractivity contribution in [1.82, 2.24) is 19.7 Å². The number of rotatable bonds is 5. The molecule has 0 atom stereocenters. The highest BCUT2D eigenvalue weighted by molar-refractivity contribution is 7.13. The third-order valence-corrected chi connectivity index (χ3v) is 5.67. The second-order valence-electron chi connectivity index (χ2n) is 8.30. The van der Waals surface area contributed by atoms with Gasteiger partial charge in [-0.3, -0.25) is 19.7 Å². The molecule has 1 amide bonds. The molecule has 1 aliphatic carbocycles. The molecule has 1 N–H and O–H groups in total. The highest BCUT2D eigenvalue weighted by Gasteiger charge is 2.32. The quantitative estimate of drug-likeness (QED) is 0.851. The van der Waals surface area contributed by atoms with Gasteiger partial charge in [0.1, 0.15) is 0 Å². The van der Waals surface area contributed by atoms with Gasteiger partial charge in [0.15, 0.2) is 10.8 Å². The molecule has 4 rings (SSSR count). The summed E-state index contributed by atoms with van der Waals surface area (Å²) >= 11 is 1.46. The molecule has 2 aromatic heterocycles. The zero-order valence-corrected chi connectivity index (χ0v) is 17.0. The number of carbonyl (C=O) groups excluding carboxylic acids is 1. The van der Waals surface area contributed by atoms with E-state index in [1.165, 1.54) is 29.9 Å². The first-order valence-electron chi connectivity index (χ1n) is 9.56. The molecule has 2 fully saturated rings. The van der Waals surface area contributed by atoms with E-state index in [4.69, 9.17) is 4.74 Å². The van der Waals surface area contributed by atoms with E-state index < -0.39 is 0 Å². The van der Waals surface area contributed by atoms with Gasteiger partial charge in [-0.05, 0) is 39.7 Å². The molecule has 1 aliphatic heterocycles. The van der Waals surface area contributed by atoms with Crippen molar-refractivity contribution in [3.8, 4) is 0 Å². The van der Waals surface area contributed by atoms with Gasteiger partial charge < -0.3 is 4.74 Å². The Hall–Kier alpha value is -1.77. The van der Waals surface area contributed by atoms with E-state index in [0.29, 0.717) is 16.7 Å². The van der Waals surface area contributed by atoms with Crippen LogP contribution >= 0.6 is 11.3 Å². The zero-order chi connectivity index (χ0) is 19.0. The molecular formula is C19H27N5O2S. The summed E-state index contributed by atoms with van der Waals surface area (Å²) < 4.78 is 7.38. The molecule has 7 nitrogen and oxygen atoms in total. The van der Waals surface area contributed by atoms with Crippen molar-refractivity contribution in [2.75, 3.05) is 31.6 Å². The number of anilines is 1. The van der Waals surface area contributed by atoms with E-state index in [2.05, 4.69) is 41.1 Å². The standard InChI is InChI=1S/C19H27N5O2S/c1-19(2,3)24-16(13-4-5-13)10-15(22-24)17(25)21-18-20-14(12-27-18)11-23-6-8-26-9-7-23/h10,12-13H,4-9,11H2,1-3H3,(H,20,21,25). The van der Waals surface area contributed by atoms with Crippen molar-refractivity contribution in [2.24, 2.45) is 0 Å². The van der Waals surface area contributed by atoms with Gasteiger partial charge in [-0.25, -0.2) is 4.98 Å². The number of hydrogen-bond donors (Lipinski definition) is 1. The summed E-state index contributed by atoms with van der Waals surface area (Å²) in [5.74, 6) is 0.352. The van der Waals surface area contributed by atoms with Crippen molar-refractivity contribution in [3.63, 3.8) is 0 Å². The monoisotopic (exact) mass is 389 g/mol. The Labute approximate surface area is 163 Å². The van der Waals surface area contributed by atoms with Gasteiger partial charge in [0.25, 0.3) is 5.91 Å². The SMILES string of the molecule is CC(C)(C)n1nc(C(=O)Nc2nc(CN3CCOCC3)cs2)cc1C1CC1. The topological polar surface area (TPSA) is 72.3 Å². The maximum absolute atomic E-state index is 12.7. The van der Waals surface area contributed by atoms with Gasteiger partial charge in [-0.1, -0.05) is 0 Å². The Balaban J connectivity index is 1.43.